The number of alkyl halides is 3. The molecule has 0 fully saturated rings. The Kier molecular flexibility index (Phi) is 6.14. The summed E-state index contributed by atoms with van der Waals surface area (Å²) in [6, 6.07) is 9.91. The van der Waals surface area contributed by atoms with Crippen molar-refractivity contribution >= 4 is 40.3 Å². The average molecular weight is 515 g/mol. The summed E-state index contributed by atoms with van der Waals surface area (Å²) in [5.41, 5.74) is 0.471. The van der Waals surface area contributed by atoms with Crippen molar-refractivity contribution in [2.24, 2.45) is 0 Å². The van der Waals surface area contributed by atoms with Crippen LogP contribution in [-0.2, 0) is 6.18 Å². The van der Waals surface area contributed by atoms with Crippen LogP contribution >= 0.6 is 11.9 Å². The summed E-state index contributed by atoms with van der Waals surface area (Å²) in [6.07, 6.45) is -0.232. The van der Waals surface area contributed by atoms with Crippen molar-refractivity contribution in [3.63, 3.8) is 0 Å². The molecular weight excluding hydrogens is 501 g/mol. The minimum Gasteiger partial charge on any atom is -0.341 e. The van der Waals surface area contributed by atoms with E-state index in [1.165, 1.54) is 37.1 Å². The number of hydrogen-bond acceptors (Lipinski definition) is 7. The van der Waals surface area contributed by atoms with Gasteiger partial charge in [0.2, 0.25) is 0 Å². The third-order valence-corrected chi connectivity index (χ3v) is 5.91. The zero-order chi connectivity index (χ0) is 25.3. The molecule has 5 aromatic rings. The molecule has 0 radical (unpaired) electrons. The van der Waals surface area contributed by atoms with Gasteiger partial charge in [0.25, 0.3) is 0 Å². The molecule has 36 heavy (non-hydrogen) atoms. The fourth-order valence-electron chi connectivity index (χ4n) is 3.36. The number of pyridine rings is 1. The van der Waals surface area contributed by atoms with Gasteiger partial charge in [-0.1, -0.05) is 0 Å². The van der Waals surface area contributed by atoms with E-state index in [0.717, 1.165) is 30.1 Å². The standard InChI is InChI=1S/C23H14F5N7S/c24-15-7-8-16(35-36-13-5-3-12(4-6-13)23(26,27)28)17(25)19(15)34-21-14(2-1-9-29-21)18-20-22(32-10-30-18)33-11-31-20/h1-11,35H,(H,29,34)(H,30,31,32,33). The molecule has 182 valence electrons. The SMILES string of the molecule is Fc1ccc(NSc2ccc(C(F)(F)F)cc2)c(F)c1Nc1ncccc1-c1ncnc2nc[nH]c12. The van der Waals surface area contributed by atoms with Gasteiger partial charge in [-0.05, 0) is 60.5 Å². The van der Waals surface area contributed by atoms with Crippen molar-refractivity contribution < 1.29 is 22.0 Å². The lowest BCUT2D eigenvalue weighted by atomic mass is 10.1. The second kappa shape index (κ2) is 9.41. The van der Waals surface area contributed by atoms with E-state index in [1.54, 1.807) is 12.1 Å². The van der Waals surface area contributed by atoms with Crippen LogP contribution in [0.5, 0.6) is 0 Å². The lowest BCUT2D eigenvalue weighted by molar-refractivity contribution is -0.137. The molecule has 7 nitrogen and oxygen atoms in total. The van der Waals surface area contributed by atoms with Gasteiger partial charge in [-0.3, -0.25) is 0 Å². The van der Waals surface area contributed by atoms with Crippen LogP contribution in [0.2, 0.25) is 0 Å². The molecule has 0 saturated heterocycles. The highest BCUT2D eigenvalue weighted by atomic mass is 32.2. The van der Waals surface area contributed by atoms with E-state index in [9.17, 15) is 17.6 Å². The zero-order valence-electron chi connectivity index (χ0n) is 17.9. The summed E-state index contributed by atoms with van der Waals surface area (Å²) in [5, 5.41) is 2.70. The van der Waals surface area contributed by atoms with Crippen molar-refractivity contribution in [3.05, 3.63) is 84.6 Å². The lowest BCUT2D eigenvalue weighted by Gasteiger charge is -2.15. The van der Waals surface area contributed by atoms with Crippen molar-refractivity contribution in [1.82, 2.24) is 24.9 Å². The summed E-state index contributed by atoms with van der Waals surface area (Å²) in [4.78, 5) is 20.0. The van der Waals surface area contributed by atoms with Crippen LogP contribution in [0.25, 0.3) is 22.4 Å². The van der Waals surface area contributed by atoms with Gasteiger partial charge in [0, 0.05) is 16.7 Å². The number of rotatable bonds is 6. The minimum absolute atomic E-state index is 0.0840. The Morgan fingerprint density at radius 2 is 1.69 bits per heavy atom. The van der Waals surface area contributed by atoms with E-state index < -0.39 is 29.1 Å². The number of aromatic amines is 1. The molecule has 0 atom stereocenters. The predicted molar refractivity (Wildman–Crippen MR) is 125 cm³/mol. The Hall–Kier alpha value is -4.26. The number of hydrogen-bond donors (Lipinski definition) is 3. The van der Waals surface area contributed by atoms with Crippen molar-refractivity contribution in [2.45, 2.75) is 11.1 Å². The first-order valence-corrected chi connectivity index (χ1v) is 11.1. The van der Waals surface area contributed by atoms with Gasteiger partial charge in [-0.2, -0.15) is 13.2 Å². The maximum Gasteiger partial charge on any atom is 0.416 e. The molecule has 0 aliphatic carbocycles. The van der Waals surface area contributed by atoms with E-state index >= 15 is 4.39 Å². The predicted octanol–water partition coefficient (Wildman–Crippen LogP) is 6.57. The van der Waals surface area contributed by atoms with Gasteiger partial charge in [0.05, 0.1) is 17.6 Å². The summed E-state index contributed by atoms with van der Waals surface area (Å²) >= 11 is 0.879. The van der Waals surface area contributed by atoms with Crippen LogP contribution < -0.4 is 10.0 Å². The Labute approximate surface area is 204 Å². The number of fused-ring (bicyclic) bond motifs is 1. The molecule has 3 N–H and O–H groups in total. The summed E-state index contributed by atoms with van der Waals surface area (Å²) < 4.78 is 70.9. The fourth-order valence-corrected chi connectivity index (χ4v) is 4.01. The van der Waals surface area contributed by atoms with E-state index in [4.69, 9.17) is 0 Å². The van der Waals surface area contributed by atoms with Crippen molar-refractivity contribution in [1.29, 1.82) is 0 Å². The van der Waals surface area contributed by atoms with Gasteiger partial charge in [0.15, 0.2) is 11.5 Å². The zero-order valence-corrected chi connectivity index (χ0v) is 18.8. The maximum absolute atomic E-state index is 15.3. The molecule has 13 heteroatoms. The normalized spacial score (nSPS) is 11.6. The number of H-pyrrole nitrogens is 1. The van der Waals surface area contributed by atoms with Crippen molar-refractivity contribution in [2.75, 3.05) is 10.0 Å². The molecule has 0 saturated carbocycles. The van der Waals surface area contributed by atoms with Crippen LogP contribution in [0.4, 0.5) is 39.1 Å². The molecule has 0 spiro atoms. The van der Waals surface area contributed by atoms with Crippen LogP contribution in [0.3, 0.4) is 0 Å². The molecule has 0 bridgehead atoms. The minimum atomic E-state index is -4.46. The Morgan fingerprint density at radius 1 is 0.889 bits per heavy atom. The first kappa shape index (κ1) is 23.5. The summed E-state index contributed by atoms with van der Waals surface area (Å²) in [6.45, 7) is 0. The number of halogens is 5. The van der Waals surface area contributed by atoms with Crippen molar-refractivity contribution in [3.8, 4) is 11.3 Å². The van der Waals surface area contributed by atoms with E-state index in [2.05, 4.69) is 35.0 Å². The van der Waals surface area contributed by atoms with Crippen LogP contribution in [0, 0.1) is 11.6 Å². The molecule has 3 heterocycles. The van der Waals surface area contributed by atoms with Gasteiger partial charge in [-0.25, -0.2) is 28.7 Å². The largest absolute Gasteiger partial charge is 0.416 e. The molecular formula is C23H14F5N7S. The van der Waals surface area contributed by atoms with Gasteiger partial charge < -0.3 is 15.0 Å². The monoisotopic (exact) mass is 515 g/mol. The molecule has 3 aromatic heterocycles. The lowest BCUT2D eigenvalue weighted by Crippen LogP contribution is -2.05. The molecule has 0 amide bonds. The topological polar surface area (TPSA) is 91.4 Å². The van der Waals surface area contributed by atoms with E-state index in [1.807, 2.05) is 0 Å². The van der Waals surface area contributed by atoms with Crippen LogP contribution in [-0.4, -0.2) is 24.9 Å². The summed E-state index contributed by atoms with van der Waals surface area (Å²) in [7, 11) is 0. The smallest absolute Gasteiger partial charge is 0.341 e. The first-order chi connectivity index (χ1) is 17.3. The molecule has 0 unspecified atom stereocenters. The number of benzene rings is 2. The second-order valence-electron chi connectivity index (χ2n) is 7.36. The Balaban J connectivity index is 1.42. The third kappa shape index (κ3) is 4.64. The maximum atomic E-state index is 15.3. The van der Waals surface area contributed by atoms with Gasteiger partial charge in [-0.15, -0.1) is 0 Å². The molecule has 2 aromatic carbocycles. The number of imidazole rings is 1. The average Bonchev–Trinajstić information content (AvgIpc) is 3.35. The van der Waals surface area contributed by atoms with Crippen LogP contribution in [0.15, 0.2) is 72.3 Å². The van der Waals surface area contributed by atoms with Crippen LogP contribution in [0.1, 0.15) is 5.56 Å². The van der Waals surface area contributed by atoms with E-state index in [-0.39, 0.29) is 11.5 Å². The fraction of sp³-hybridized carbons (Fsp3) is 0.0435. The highest BCUT2D eigenvalue weighted by Crippen LogP contribution is 2.35. The Morgan fingerprint density at radius 3 is 2.47 bits per heavy atom. The highest BCUT2D eigenvalue weighted by Gasteiger charge is 2.30. The number of nitrogens with zero attached hydrogens (tertiary/aromatic N) is 4. The molecule has 0 aliphatic heterocycles. The quantitative estimate of drug-likeness (QED) is 0.174. The highest BCUT2D eigenvalue weighted by molar-refractivity contribution is 8.00. The first-order valence-electron chi connectivity index (χ1n) is 10.3. The van der Waals surface area contributed by atoms with E-state index in [0.29, 0.717) is 27.3 Å². The molecule has 5 rings (SSSR count). The van der Waals surface area contributed by atoms with Gasteiger partial charge in [0.1, 0.15) is 34.9 Å². The number of anilines is 3. The third-order valence-electron chi connectivity index (χ3n) is 5.08. The second-order valence-corrected chi connectivity index (χ2v) is 8.24. The van der Waals surface area contributed by atoms with Gasteiger partial charge >= 0.3 is 6.18 Å². The molecule has 0 aliphatic rings. The summed E-state index contributed by atoms with van der Waals surface area (Å²) in [5.74, 6) is -1.68. The number of aromatic nitrogens is 5. The Bertz CT molecular complexity index is 1540. The number of nitrogens with one attached hydrogen (secondary N) is 3.